The highest BCUT2D eigenvalue weighted by Crippen LogP contribution is 2.23. The predicted octanol–water partition coefficient (Wildman–Crippen LogP) is 2.04. The summed E-state index contributed by atoms with van der Waals surface area (Å²) in [5.74, 6) is -0.526. The lowest BCUT2D eigenvalue weighted by Gasteiger charge is -1.97. The zero-order chi connectivity index (χ0) is 15.2. The minimum atomic E-state index is -0.526. The number of rotatable bonds is 3. The first-order chi connectivity index (χ1) is 10.2. The fourth-order valence-electron chi connectivity index (χ4n) is 1.58. The lowest BCUT2D eigenvalue weighted by molar-refractivity contribution is 0.0996. The van der Waals surface area contributed by atoms with Gasteiger partial charge in [-0.25, -0.2) is 9.67 Å². The number of carbonyl (C=O) groups excluding carboxylic acids is 1. The number of pyridine rings is 1. The predicted molar refractivity (Wildman–Crippen MR) is 85.9 cm³/mol. The third-order valence-corrected chi connectivity index (χ3v) is 3.39. The van der Waals surface area contributed by atoms with Gasteiger partial charge in [-0.15, -0.1) is 11.3 Å². The van der Waals surface area contributed by atoms with E-state index in [1.807, 2.05) is 18.3 Å². The molecule has 6 nitrogen and oxygen atoms in total. The van der Waals surface area contributed by atoms with Gasteiger partial charge in [0.1, 0.15) is 10.7 Å². The maximum atomic E-state index is 11.0. The first kappa shape index (κ1) is 15.2. The maximum Gasteiger partial charge on any atom is 0.268 e. The van der Waals surface area contributed by atoms with Gasteiger partial charge < -0.3 is 5.73 Å². The van der Waals surface area contributed by atoms with Crippen LogP contribution in [0.4, 0.5) is 0 Å². The summed E-state index contributed by atoms with van der Waals surface area (Å²) in [7, 11) is 0. The summed E-state index contributed by atoms with van der Waals surface area (Å²) in [5.41, 5.74) is 7.15. The summed E-state index contributed by atoms with van der Waals surface area (Å²) >= 11 is 4.89. The van der Waals surface area contributed by atoms with E-state index >= 15 is 0 Å². The third-order valence-electron chi connectivity index (χ3n) is 2.50. The number of nitrogens with two attached hydrogens (primary N) is 1. The summed E-state index contributed by atoms with van der Waals surface area (Å²) in [5, 5.41) is 6.59. The molecule has 0 spiro atoms. The Bertz CT molecular complexity index is 723. The second kappa shape index (κ2) is 7.00. The van der Waals surface area contributed by atoms with E-state index in [9.17, 15) is 4.79 Å². The Balaban J connectivity index is 0.000000774. The molecule has 0 saturated carbocycles. The van der Waals surface area contributed by atoms with Crippen molar-refractivity contribution >= 4 is 29.9 Å². The van der Waals surface area contributed by atoms with Gasteiger partial charge in [-0.2, -0.15) is 17.7 Å². The molecule has 0 aliphatic heterocycles. The highest BCUT2D eigenvalue weighted by molar-refractivity contribution is 7.79. The number of thiol groups is 1. The average Bonchev–Trinajstić information content (AvgIpc) is 3.19. The molecule has 2 N–H and O–H groups in total. The van der Waals surface area contributed by atoms with E-state index in [0.717, 1.165) is 11.3 Å². The maximum absolute atomic E-state index is 11.0. The SMILES string of the molecule is CS.NC(=O)c1csc(-c2cnn(-c3cccnc3)c2)n1. The first-order valence-corrected chi connectivity index (χ1v) is 7.67. The topological polar surface area (TPSA) is 86.7 Å². The van der Waals surface area contributed by atoms with Crippen LogP contribution in [0.15, 0.2) is 42.3 Å². The molecular weight excluding hydrogens is 306 g/mol. The molecule has 1 amide bonds. The largest absolute Gasteiger partial charge is 0.364 e. The summed E-state index contributed by atoms with van der Waals surface area (Å²) in [6, 6.07) is 3.74. The van der Waals surface area contributed by atoms with Crippen LogP contribution in [0, 0.1) is 0 Å². The summed E-state index contributed by atoms with van der Waals surface area (Å²) < 4.78 is 1.70. The van der Waals surface area contributed by atoms with Gasteiger partial charge in [-0.1, -0.05) is 0 Å². The number of carbonyl (C=O) groups is 1. The monoisotopic (exact) mass is 319 g/mol. The van der Waals surface area contributed by atoms with Crippen molar-refractivity contribution in [1.29, 1.82) is 0 Å². The first-order valence-electron chi connectivity index (χ1n) is 5.89. The zero-order valence-electron chi connectivity index (χ0n) is 11.2. The van der Waals surface area contributed by atoms with Crippen molar-refractivity contribution in [2.45, 2.75) is 0 Å². The molecule has 0 saturated heterocycles. The standard InChI is InChI=1S/C12H9N5OS.CH4S/c13-11(18)10-7-19-12(16-10)8-4-15-17(6-8)9-2-1-3-14-5-9;1-2/h1-7H,(H2,13,18);2H,1H3. The van der Waals surface area contributed by atoms with Crippen molar-refractivity contribution < 1.29 is 4.79 Å². The Morgan fingerprint density at radius 3 is 2.81 bits per heavy atom. The smallest absolute Gasteiger partial charge is 0.268 e. The fourth-order valence-corrected chi connectivity index (χ4v) is 2.37. The van der Waals surface area contributed by atoms with Crippen LogP contribution in [0.25, 0.3) is 16.3 Å². The van der Waals surface area contributed by atoms with Crippen LogP contribution in [0.2, 0.25) is 0 Å². The van der Waals surface area contributed by atoms with Gasteiger partial charge in [0, 0.05) is 23.3 Å². The molecule has 0 aliphatic rings. The van der Waals surface area contributed by atoms with E-state index in [1.54, 1.807) is 34.9 Å². The molecule has 0 fully saturated rings. The van der Waals surface area contributed by atoms with E-state index in [2.05, 4.69) is 27.7 Å². The van der Waals surface area contributed by atoms with Crippen molar-refractivity contribution in [2.24, 2.45) is 5.73 Å². The van der Waals surface area contributed by atoms with E-state index in [1.165, 1.54) is 11.3 Å². The molecule has 0 radical (unpaired) electrons. The van der Waals surface area contributed by atoms with E-state index in [-0.39, 0.29) is 5.69 Å². The zero-order valence-corrected chi connectivity index (χ0v) is 12.9. The van der Waals surface area contributed by atoms with E-state index in [4.69, 9.17) is 5.73 Å². The Morgan fingerprint density at radius 1 is 1.38 bits per heavy atom. The van der Waals surface area contributed by atoms with Crippen molar-refractivity contribution in [3.05, 3.63) is 48.0 Å². The summed E-state index contributed by atoms with van der Waals surface area (Å²) in [6.07, 6.45) is 8.64. The van der Waals surface area contributed by atoms with Crippen LogP contribution in [0.5, 0.6) is 0 Å². The van der Waals surface area contributed by atoms with Gasteiger partial charge in [0.2, 0.25) is 0 Å². The molecule has 0 unspecified atom stereocenters. The fraction of sp³-hybridized carbons (Fsp3) is 0.0769. The molecule has 0 aliphatic carbocycles. The van der Waals surface area contributed by atoms with Crippen LogP contribution in [-0.2, 0) is 0 Å². The summed E-state index contributed by atoms with van der Waals surface area (Å²) in [6.45, 7) is 0. The van der Waals surface area contributed by atoms with E-state index < -0.39 is 5.91 Å². The molecule has 0 atom stereocenters. The average molecular weight is 319 g/mol. The van der Waals surface area contributed by atoms with E-state index in [0.29, 0.717) is 5.01 Å². The normalized spacial score (nSPS) is 9.81. The second-order valence-corrected chi connectivity index (χ2v) is 4.65. The minimum absolute atomic E-state index is 0.272. The van der Waals surface area contributed by atoms with Crippen LogP contribution < -0.4 is 5.73 Å². The van der Waals surface area contributed by atoms with Crippen molar-refractivity contribution in [2.75, 3.05) is 6.26 Å². The van der Waals surface area contributed by atoms with Gasteiger partial charge in [-0.05, 0) is 18.4 Å². The molecule has 8 heteroatoms. The lowest BCUT2D eigenvalue weighted by atomic mass is 10.3. The molecule has 0 bridgehead atoms. The van der Waals surface area contributed by atoms with Crippen LogP contribution in [0.3, 0.4) is 0 Å². The number of amides is 1. The van der Waals surface area contributed by atoms with Gasteiger partial charge in [0.05, 0.1) is 18.1 Å². The number of hydrogen-bond acceptors (Lipinski definition) is 6. The van der Waals surface area contributed by atoms with Gasteiger partial charge in [0.15, 0.2) is 0 Å². The molecule has 0 aromatic carbocycles. The highest BCUT2D eigenvalue weighted by atomic mass is 32.1. The molecule has 3 aromatic rings. The van der Waals surface area contributed by atoms with Crippen molar-refractivity contribution in [3.63, 3.8) is 0 Å². The number of nitrogens with zero attached hydrogens (tertiary/aromatic N) is 4. The van der Waals surface area contributed by atoms with Gasteiger partial charge in [-0.3, -0.25) is 9.78 Å². The van der Waals surface area contributed by atoms with Gasteiger partial charge >= 0.3 is 0 Å². The number of hydrogen-bond donors (Lipinski definition) is 2. The molecular formula is C13H13N5OS2. The third kappa shape index (κ3) is 3.47. The number of aromatic nitrogens is 4. The second-order valence-electron chi connectivity index (χ2n) is 3.79. The number of primary amides is 1. The molecule has 3 heterocycles. The van der Waals surface area contributed by atoms with Crippen LogP contribution in [-0.4, -0.2) is 31.9 Å². The van der Waals surface area contributed by atoms with Crippen molar-refractivity contribution in [1.82, 2.24) is 19.7 Å². The Labute approximate surface area is 131 Å². The molecule has 3 aromatic heterocycles. The molecule has 21 heavy (non-hydrogen) atoms. The minimum Gasteiger partial charge on any atom is -0.364 e. The molecule has 3 rings (SSSR count). The van der Waals surface area contributed by atoms with Gasteiger partial charge in [0.25, 0.3) is 5.91 Å². The molecule has 108 valence electrons. The van der Waals surface area contributed by atoms with Crippen LogP contribution >= 0.6 is 24.0 Å². The highest BCUT2D eigenvalue weighted by Gasteiger charge is 2.10. The van der Waals surface area contributed by atoms with Crippen molar-refractivity contribution in [3.8, 4) is 16.3 Å². The van der Waals surface area contributed by atoms with Crippen LogP contribution in [0.1, 0.15) is 10.5 Å². The Kier molecular flexibility index (Phi) is 5.07. The lowest BCUT2D eigenvalue weighted by Crippen LogP contribution is -2.10. The Hall–Kier alpha value is -2.19. The number of thiazole rings is 1. The summed E-state index contributed by atoms with van der Waals surface area (Å²) in [4.78, 5) is 19.2. The quantitative estimate of drug-likeness (QED) is 0.723. The Morgan fingerprint density at radius 2 is 2.19 bits per heavy atom.